The van der Waals surface area contributed by atoms with Gasteiger partial charge in [0.15, 0.2) is 6.10 Å². The van der Waals surface area contributed by atoms with Gasteiger partial charge in [-0.3, -0.25) is 24.5 Å². The predicted molar refractivity (Wildman–Crippen MR) is 143 cm³/mol. The van der Waals surface area contributed by atoms with Gasteiger partial charge < -0.3 is 4.74 Å². The topological polar surface area (TPSA) is 102 Å². The number of rotatable bonds is 6. The lowest BCUT2D eigenvalue weighted by molar-refractivity contribution is -0.384. The number of carbonyl (C=O) groups excluding carboxylic acids is 2. The zero-order chi connectivity index (χ0) is 27.1. The molecule has 2 aliphatic rings. The van der Waals surface area contributed by atoms with Gasteiger partial charge in [0, 0.05) is 12.1 Å². The number of hydroxylamine groups is 1. The third-order valence-electron chi connectivity index (χ3n) is 7.29. The molecule has 0 N–H and O–H groups in total. The van der Waals surface area contributed by atoms with Gasteiger partial charge in [-0.15, -0.1) is 0 Å². The highest BCUT2D eigenvalue weighted by atomic mass is 16.7. The van der Waals surface area contributed by atoms with Crippen molar-refractivity contribution >= 4 is 28.9 Å². The number of hydrogen-bond acceptors (Lipinski definition) is 7. The summed E-state index contributed by atoms with van der Waals surface area (Å²) in [6.07, 6.45) is -1.22. The first-order valence-corrected chi connectivity index (χ1v) is 12.3. The van der Waals surface area contributed by atoms with Gasteiger partial charge in [-0.25, -0.2) is 9.96 Å². The van der Waals surface area contributed by atoms with Crippen LogP contribution in [0.2, 0.25) is 0 Å². The Hall–Kier alpha value is -5.02. The van der Waals surface area contributed by atoms with Gasteiger partial charge in [-0.1, -0.05) is 66.7 Å². The fourth-order valence-corrected chi connectivity index (χ4v) is 5.56. The number of ether oxygens (including phenoxy) is 1. The molecule has 0 aliphatic carbocycles. The molecule has 39 heavy (non-hydrogen) atoms. The monoisotopic (exact) mass is 521 g/mol. The summed E-state index contributed by atoms with van der Waals surface area (Å²) < 4.78 is 5.35. The molecule has 0 unspecified atom stereocenters. The van der Waals surface area contributed by atoms with Crippen molar-refractivity contribution in [2.24, 2.45) is 0 Å². The maximum atomic E-state index is 14.7. The first-order chi connectivity index (χ1) is 19.0. The molecule has 0 radical (unpaired) electrons. The summed E-state index contributed by atoms with van der Waals surface area (Å²) >= 11 is 0. The van der Waals surface area contributed by atoms with Crippen molar-refractivity contribution in [3.05, 3.63) is 130 Å². The average molecular weight is 522 g/mol. The van der Waals surface area contributed by atoms with Crippen LogP contribution in [0.1, 0.15) is 17.2 Å². The first kappa shape index (κ1) is 24.3. The highest BCUT2D eigenvalue weighted by Crippen LogP contribution is 2.57. The number of benzene rings is 4. The number of para-hydroxylation sites is 1. The third-order valence-corrected chi connectivity index (χ3v) is 7.29. The van der Waals surface area contributed by atoms with Crippen LogP contribution in [0, 0.1) is 10.1 Å². The SMILES string of the molecule is COc1ccc([C@H]2N(c3ccccc3)O[C@@H]3C(=O)N(c4cccc([N+](=O)[O-])c4)C(=O)[C@]32c2ccccc2)cc1. The number of nitro benzene ring substituents is 1. The minimum atomic E-state index is -1.49. The summed E-state index contributed by atoms with van der Waals surface area (Å²) in [6.45, 7) is 0. The lowest BCUT2D eigenvalue weighted by Gasteiger charge is -2.35. The summed E-state index contributed by atoms with van der Waals surface area (Å²) in [7, 11) is 1.57. The van der Waals surface area contributed by atoms with Gasteiger partial charge in [-0.05, 0) is 41.5 Å². The second kappa shape index (κ2) is 9.38. The summed E-state index contributed by atoms with van der Waals surface area (Å²) in [5.74, 6) is -0.481. The molecule has 2 aliphatic heterocycles. The van der Waals surface area contributed by atoms with Crippen molar-refractivity contribution < 1.29 is 24.1 Å². The number of amides is 2. The number of imide groups is 1. The van der Waals surface area contributed by atoms with Crippen LogP contribution in [0.15, 0.2) is 109 Å². The van der Waals surface area contributed by atoms with Crippen LogP contribution < -0.4 is 14.7 Å². The molecule has 6 rings (SSSR count). The molecule has 0 saturated carbocycles. The lowest BCUT2D eigenvalue weighted by atomic mass is 9.69. The van der Waals surface area contributed by atoms with E-state index in [1.165, 1.54) is 24.3 Å². The number of non-ortho nitro benzene ring substituents is 1. The Morgan fingerprint density at radius 3 is 2.13 bits per heavy atom. The Kier molecular flexibility index (Phi) is 5.85. The summed E-state index contributed by atoms with van der Waals surface area (Å²) in [4.78, 5) is 47.1. The number of anilines is 2. The van der Waals surface area contributed by atoms with Crippen molar-refractivity contribution in [3.63, 3.8) is 0 Å². The van der Waals surface area contributed by atoms with E-state index in [0.717, 1.165) is 10.5 Å². The molecule has 2 amide bonds. The number of nitrogens with zero attached hydrogens (tertiary/aromatic N) is 3. The summed E-state index contributed by atoms with van der Waals surface area (Å²) in [6, 6.07) is 30.4. The molecule has 2 saturated heterocycles. The maximum Gasteiger partial charge on any atom is 0.271 e. The van der Waals surface area contributed by atoms with E-state index in [-0.39, 0.29) is 11.4 Å². The molecule has 3 atom stereocenters. The van der Waals surface area contributed by atoms with E-state index in [1.54, 1.807) is 24.3 Å². The van der Waals surface area contributed by atoms with Crippen molar-refractivity contribution in [3.8, 4) is 5.75 Å². The molecule has 2 heterocycles. The smallest absolute Gasteiger partial charge is 0.271 e. The van der Waals surface area contributed by atoms with Crippen LogP contribution in [0.3, 0.4) is 0 Å². The fourth-order valence-electron chi connectivity index (χ4n) is 5.56. The van der Waals surface area contributed by atoms with Gasteiger partial charge >= 0.3 is 0 Å². The van der Waals surface area contributed by atoms with E-state index in [9.17, 15) is 19.7 Å². The standard InChI is InChI=1S/C30H23N3O6/c1-38-25-17-15-20(16-18-25)26-30(21-9-4-2-5-10-21)27(39-32(26)22-11-6-3-7-12-22)28(34)31(29(30)35)23-13-8-14-24(19-23)33(36)37/h2-19,26-27H,1H3/t26-,27-,30+/m1/s1. The van der Waals surface area contributed by atoms with E-state index >= 15 is 0 Å². The number of hydrogen-bond donors (Lipinski definition) is 0. The van der Waals surface area contributed by atoms with Crippen LogP contribution >= 0.6 is 0 Å². The Balaban J connectivity index is 1.60. The van der Waals surface area contributed by atoms with Gasteiger partial charge in [0.05, 0.1) is 23.4 Å². The van der Waals surface area contributed by atoms with Crippen LogP contribution in [0.4, 0.5) is 17.1 Å². The second-order valence-electron chi connectivity index (χ2n) is 9.31. The van der Waals surface area contributed by atoms with Crippen LogP contribution in [0.5, 0.6) is 5.75 Å². The highest BCUT2D eigenvalue weighted by molar-refractivity contribution is 6.28. The molecule has 0 bridgehead atoms. The zero-order valence-electron chi connectivity index (χ0n) is 20.8. The Bertz CT molecular complexity index is 1560. The largest absolute Gasteiger partial charge is 0.497 e. The van der Waals surface area contributed by atoms with Crippen LogP contribution in [-0.4, -0.2) is 30.0 Å². The second-order valence-corrected chi connectivity index (χ2v) is 9.31. The first-order valence-electron chi connectivity index (χ1n) is 12.3. The molecule has 9 heteroatoms. The molecule has 2 fully saturated rings. The summed E-state index contributed by atoms with van der Waals surface area (Å²) in [5, 5.41) is 13.1. The highest BCUT2D eigenvalue weighted by Gasteiger charge is 2.72. The molecular weight excluding hydrogens is 498 g/mol. The van der Waals surface area contributed by atoms with Gasteiger partial charge in [-0.2, -0.15) is 0 Å². The summed E-state index contributed by atoms with van der Waals surface area (Å²) in [5.41, 5.74) is 0.400. The van der Waals surface area contributed by atoms with Crippen molar-refractivity contribution in [2.45, 2.75) is 17.6 Å². The molecule has 4 aromatic rings. The van der Waals surface area contributed by atoms with Gasteiger partial charge in [0.25, 0.3) is 11.6 Å². The number of methoxy groups -OCH3 is 1. The normalized spacial score (nSPS) is 22.2. The number of fused-ring (bicyclic) bond motifs is 1. The van der Waals surface area contributed by atoms with Gasteiger partial charge in [0.1, 0.15) is 17.2 Å². The Labute approximate surface area is 223 Å². The van der Waals surface area contributed by atoms with E-state index in [1.807, 2.05) is 72.8 Å². The van der Waals surface area contributed by atoms with Crippen LogP contribution in [0.25, 0.3) is 0 Å². The van der Waals surface area contributed by atoms with E-state index in [2.05, 4.69) is 0 Å². The van der Waals surface area contributed by atoms with E-state index in [4.69, 9.17) is 9.57 Å². The van der Waals surface area contributed by atoms with Crippen LogP contribution in [-0.2, 0) is 19.8 Å². The lowest BCUT2D eigenvalue weighted by Crippen LogP contribution is -2.46. The number of nitro groups is 1. The number of carbonyl (C=O) groups is 2. The molecule has 0 aromatic heterocycles. The minimum Gasteiger partial charge on any atom is -0.497 e. The maximum absolute atomic E-state index is 14.7. The zero-order valence-corrected chi connectivity index (χ0v) is 20.8. The molecule has 4 aromatic carbocycles. The van der Waals surface area contributed by atoms with Crippen molar-refractivity contribution in [1.82, 2.24) is 0 Å². The van der Waals surface area contributed by atoms with E-state index in [0.29, 0.717) is 17.0 Å². The van der Waals surface area contributed by atoms with Gasteiger partial charge in [0.2, 0.25) is 5.91 Å². The molecule has 9 nitrogen and oxygen atoms in total. The van der Waals surface area contributed by atoms with Crippen molar-refractivity contribution in [2.75, 3.05) is 17.1 Å². The molecule has 194 valence electrons. The van der Waals surface area contributed by atoms with E-state index < -0.39 is 34.3 Å². The fraction of sp³-hybridized carbons (Fsp3) is 0.133. The third kappa shape index (κ3) is 3.66. The minimum absolute atomic E-state index is 0.118. The predicted octanol–water partition coefficient (Wildman–Crippen LogP) is 4.98. The Morgan fingerprint density at radius 1 is 0.846 bits per heavy atom. The average Bonchev–Trinajstić information content (AvgIpc) is 3.45. The Morgan fingerprint density at radius 2 is 1.49 bits per heavy atom. The quantitative estimate of drug-likeness (QED) is 0.200. The molecular formula is C30H23N3O6. The molecule has 0 spiro atoms. The van der Waals surface area contributed by atoms with Crippen molar-refractivity contribution in [1.29, 1.82) is 0 Å².